The lowest BCUT2D eigenvalue weighted by atomic mass is 10.2. The minimum Gasteiger partial charge on any atom is -0.444 e. The number of likely N-dealkylation sites (tertiary alicyclic amines) is 1. The van der Waals surface area contributed by atoms with Crippen molar-refractivity contribution in [1.82, 2.24) is 10.2 Å². The van der Waals surface area contributed by atoms with Gasteiger partial charge >= 0.3 is 6.09 Å². The minimum absolute atomic E-state index is 0.00124. The number of carbonyl (C=O) groups is 2. The molecule has 3 atom stereocenters. The second-order valence-electron chi connectivity index (χ2n) is 6.20. The molecule has 2 bridgehead atoms. The summed E-state index contributed by atoms with van der Waals surface area (Å²) >= 11 is 1.94. The molecular formula is C13H22N2O3S. The molecule has 2 amide bonds. The van der Waals surface area contributed by atoms with Gasteiger partial charge in [-0.2, -0.15) is 11.8 Å². The van der Waals surface area contributed by atoms with Crippen molar-refractivity contribution in [3.8, 4) is 0 Å². The number of ether oxygens (including phenoxy) is 1. The van der Waals surface area contributed by atoms with Gasteiger partial charge in [-0.25, -0.2) is 4.79 Å². The molecule has 6 heteroatoms. The normalized spacial score (nSPS) is 27.3. The van der Waals surface area contributed by atoms with E-state index >= 15 is 0 Å². The molecule has 2 saturated heterocycles. The largest absolute Gasteiger partial charge is 0.444 e. The second kappa shape index (κ2) is 5.23. The van der Waals surface area contributed by atoms with Crippen molar-refractivity contribution >= 4 is 23.8 Å². The standard InChI is InChI=1S/C13H22N2O3S/c1-8(14-12(17)18-13(2,3)4)11(16)15-6-10-5-9(15)7-19-10/h8-10H,5-7H2,1-4H3,(H,14,17)/t8-,9+,10-/m1/s1. The Morgan fingerprint density at radius 2 is 2.11 bits per heavy atom. The number of nitrogens with one attached hydrogen (secondary N) is 1. The summed E-state index contributed by atoms with van der Waals surface area (Å²) in [5.74, 6) is 1.02. The molecule has 1 N–H and O–H groups in total. The van der Waals surface area contributed by atoms with Crippen LogP contribution in [-0.4, -0.2) is 52.1 Å². The molecule has 0 saturated carbocycles. The number of thioether (sulfide) groups is 1. The Balaban J connectivity index is 1.84. The van der Waals surface area contributed by atoms with Gasteiger partial charge in [0.2, 0.25) is 5.91 Å². The van der Waals surface area contributed by atoms with Crippen LogP contribution >= 0.6 is 11.8 Å². The molecular weight excluding hydrogens is 264 g/mol. The molecule has 2 aliphatic heterocycles. The van der Waals surface area contributed by atoms with E-state index in [1.807, 2.05) is 16.7 Å². The smallest absolute Gasteiger partial charge is 0.408 e. The van der Waals surface area contributed by atoms with Crippen LogP contribution in [0.3, 0.4) is 0 Å². The Morgan fingerprint density at radius 1 is 1.42 bits per heavy atom. The Morgan fingerprint density at radius 3 is 2.58 bits per heavy atom. The third-order valence-electron chi connectivity index (χ3n) is 3.29. The van der Waals surface area contributed by atoms with Gasteiger partial charge in [0, 0.05) is 23.6 Å². The SMILES string of the molecule is C[C@@H](NC(=O)OC(C)(C)C)C(=O)N1C[C@H]2C[C@H]1CS2. The van der Waals surface area contributed by atoms with Crippen LogP contribution in [0.2, 0.25) is 0 Å². The van der Waals surface area contributed by atoms with Gasteiger partial charge in [-0.3, -0.25) is 4.79 Å². The quantitative estimate of drug-likeness (QED) is 0.838. The van der Waals surface area contributed by atoms with E-state index in [1.54, 1.807) is 27.7 Å². The average molecular weight is 286 g/mol. The lowest BCUT2D eigenvalue weighted by Crippen LogP contribution is -2.50. The van der Waals surface area contributed by atoms with Crippen LogP contribution in [0.5, 0.6) is 0 Å². The maximum atomic E-state index is 12.3. The van der Waals surface area contributed by atoms with Gasteiger partial charge < -0.3 is 15.0 Å². The van der Waals surface area contributed by atoms with E-state index in [0.717, 1.165) is 18.7 Å². The summed E-state index contributed by atoms with van der Waals surface area (Å²) in [6, 6.07) is -0.176. The Labute approximate surface area is 118 Å². The Hall–Kier alpha value is -0.910. The molecule has 0 aliphatic carbocycles. The van der Waals surface area contributed by atoms with Gasteiger partial charge in [0.25, 0.3) is 0 Å². The van der Waals surface area contributed by atoms with E-state index in [0.29, 0.717) is 11.3 Å². The van der Waals surface area contributed by atoms with Crippen molar-refractivity contribution in [2.24, 2.45) is 0 Å². The van der Waals surface area contributed by atoms with Crippen LogP contribution in [0, 0.1) is 0 Å². The number of fused-ring (bicyclic) bond motifs is 2. The fraction of sp³-hybridized carbons (Fsp3) is 0.846. The predicted molar refractivity (Wildman–Crippen MR) is 75.2 cm³/mol. The first-order valence-electron chi connectivity index (χ1n) is 6.68. The molecule has 0 spiro atoms. The van der Waals surface area contributed by atoms with Gasteiger partial charge in [-0.1, -0.05) is 0 Å². The van der Waals surface area contributed by atoms with E-state index in [4.69, 9.17) is 4.74 Å². The molecule has 2 heterocycles. The van der Waals surface area contributed by atoms with Crippen molar-refractivity contribution in [3.63, 3.8) is 0 Å². The summed E-state index contributed by atoms with van der Waals surface area (Å²) in [4.78, 5) is 25.8. The number of alkyl carbamates (subject to hydrolysis) is 1. The highest BCUT2D eigenvalue weighted by Crippen LogP contribution is 2.37. The van der Waals surface area contributed by atoms with Crippen molar-refractivity contribution < 1.29 is 14.3 Å². The summed E-state index contributed by atoms with van der Waals surface area (Å²) in [5, 5.41) is 3.20. The molecule has 2 aliphatic rings. The monoisotopic (exact) mass is 286 g/mol. The molecule has 108 valence electrons. The van der Waals surface area contributed by atoms with Crippen LogP contribution in [0.4, 0.5) is 4.79 Å². The second-order valence-corrected chi connectivity index (χ2v) is 7.54. The maximum Gasteiger partial charge on any atom is 0.408 e. The maximum absolute atomic E-state index is 12.3. The summed E-state index contributed by atoms with van der Waals surface area (Å²) in [7, 11) is 0. The predicted octanol–water partition coefficient (Wildman–Crippen LogP) is 1.62. The van der Waals surface area contributed by atoms with E-state index in [1.165, 1.54) is 0 Å². The van der Waals surface area contributed by atoms with Crippen LogP contribution in [-0.2, 0) is 9.53 Å². The number of hydrogen-bond acceptors (Lipinski definition) is 4. The number of rotatable bonds is 2. The zero-order valence-electron chi connectivity index (χ0n) is 11.9. The Kier molecular flexibility index (Phi) is 3.99. The fourth-order valence-electron chi connectivity index (χ4n) is 2.46. The van der Waals surface area contributed by atoms with Gasteiger partial charge in [-0.15, -0.1) is 0 Å². The summed E-state index contributed by atoms with van der Waals surface area (Å²) in [6.45, 7) is 7.93. The van der Waals surface area contributed by atoms with E-state index < -0.39 is 17.7 Å². The van der Waals surface area contributed by atoms with Crippen LogP contribution < -0.4 is 5.32 Å². The van der Waals surface area contributed by atoms with Crippen LogP contribution in [0.1, 0.15) is 34.1 Å². The van der Waals surface area contributed by atoms with Crippen LogP contribution in [0.25, 0.3) is 0 Å². The molecule has 0 aromatic rings. The molecule has 5 nitrogen and oxygen atoms in total. The zero-order chi connectivity index (χ0) is 14.2. The fourth-order valence-corrected chi connectivity index (χ4v) is 3.90. The molecule has 19 heavy (non-hydrogen) atoms. The van der Waals surface area contributed by atoms with Gasteiger partial charge in [0.05, 0.1) is 0 Å². The molecule has 0 aromatic carbocycles. The number of carbonyl (C=O) groups excluding carboxylic acids is 2. The first-order chi connectivity index (χ1) is 8.76. The van der Waals surface area contributed by atoms with Gasteiger partial charge in [0.1, 0.15) is 11.6 Å². The van der Waals surface area contributed by atoms with Gasteiger partial charge in [0.15, 0.2) is 0 Å². The third kappa shape index (κ3) is 3.55. The van der Waals surface area contributed by atoms with E-state index in [2.05, 4.69) is 5.32 Å². The van der Waals surface area contributed by atoms with Crippen molar-refractivity contribution in [2.75, 3.05) is 12.3 Å². The number of amides is 2. The third-order valence-corrected chi connectivity index (χ3v) is 4.68. The first-order valence-corrected chi connectivity index (χ1v) is 7.73. The van der Waals surface area contributed by atoms with E-state index in [9.17, 15) is 9.59 Å². The Bertz CT molecular complexity index is 381. The lowest BCUT2D eigenvalue weighted by molar-refractivity contribution is -0.133. The molecule has 0 radical (unpaired) electrons. The molecule has 2 rings (SSSR count). The minimum atomic E-state index is -0.545. The van der Waals surface area contributed by atoms with Crippen LogP contribution in [0.15, 0.2) is 0 Å². The highest BCUT2D eigenvalue weighted by atomic mass is 32.2. The number of hydrogen-bond donors (Lipinski definition) is 1. The summed E-state index contributed by atoms with van der Waals surface area (Å²) < 4.78 is 5.16. The first kappa shape index (κ1) is 14.5. The van der Waals surface area contributed by atoms with Crippen molar-refractivity contribution in [3.05, 3.63) is 0 Å². The molecule has 0 aromatic heterocycles. The summed E-state index contributed by atoms with van der Waals surface area (Å²) in [6.07, 6.45) is 0.558. The highest BCUT2D eigenvalue weighted by Gasteiger charge is 2.42. The molecule has 0 unspecified atom stereocenters. The molecule has 2 fully saturated rings. The zero-order valence-corrected chi connectivity index (χ0v) is 12.8. The van der Waals surface area contributed by atoms with Crippen molar-refractivity contribution in [2.45, 2.75) is 57.1 Å². The van der Waals surface area contributed by atoms with Gasteiger partial charge in [-0.05, 0) is 34.1 Å². The average Bonchev–Trinajstić information content (AvgIpc) is 2.86. The topological polar surface area (TPSA) is 58.6 Å². The van der Waals surface area contributed by atoms with Crippen molar-refractivity contribution in [1.29, 1.82) is 0 Å². The number of nitrogens with zero attached hydrogens (tertiary/aromatic N) is 1. The van der Waals surface area contributed by atoms with E-state index in [-0.39, 0.29) is 5.91 Å². The highest BCUT2D eigenvalue weighted by molar-refractivity contribution is 8.00. The summed E-state index contributed by atoms with van der Waals surface area (Å²) in [5.41, 5.74) is -0.545. The lowest BCUT2D eigenvalue weighted by Gasteiger charge is -2.30.